The molecule has 2 aromatic rings. The van der Waals surface area contributed by atoms with Crippen LogP contribution in [0.15, 0.2) is 46.6 Å². The highest BCUT2D eigenvalue weighted by Gasteiger charge is 2.49. The topological polar surface area (TPSA) is 83.9 Å². The molecule has 0 spiro atoms. The van der Waals surface area contributed by atoms with Gasteiger partial charge in [-0.25, -0.2) is 4.99 Å². The van der Waals surface area contributed by atoms with Crippen LogP contribution in [-0.4, -0.2) is 21.6 Å². The summed E-state index contributed by atoms with van der Waals surface area (Å²) in [5.74, 6) is 6.91. The number of amidine groups is 1. The number of aliphatic imine (C=N–C) groups is 2. The molecule has 130 valence electrons. The summed E-state index contributed by atoms with van der Waals surface area (Å²) in [6.07, 6.45) is 5.59. The minimum absolute atomic E-state index is 0.193. The van der Waals surface area contributed by atoms with Gasteiger partial charge in [-0.1, -0.05) is 12.0 Å². The summed E-state index contributed by atoms with van der Waals surface area (Å²) in [7, 11) is 0. The molecule has 1 atom stereocenters. The van der Waals surface area contributed by atoms with Crippen LogP contribution in [0, 0.1) is 17.8 Å². The highest BCUT2D eigenvalue weighted by atomic mass is 16.3. The number of rotatable bonds is 3. The average molecular weight is 344 g/mol. The van der Waals surface area contributed by atoms with Crippen molar-refractivity contribution in [3.05, 3.63) is 47.8 Å². The molecule has 2 aliphatic rings. The van der Waals surface area contributed by atoms with Crippen LogP contribution >= 0.6 is 0 Å². The van der Waals surface area contributed by atoms with Gasteiger partial charge >= 0.3 is 0 Å². The summed E-state index contributed by atoms with van der Waals surface area (Å²) in [5, 5.41) is 10.4. The molecule has 1 saturated carbocycles. The maximum atomic E-state index is 10.4. The molecule has 1 aromatic carbocycles. The Hall–Kier alpha value is -3.13. The molecule has 0 saturated heterocycles. The van der Waals surface area contributed by atoms with Gasteiger partial charge in [-0.05, 0) is 44.9 Å². The van der Waals surface area contributed by atoms with E-state index in [-0.39, 0.29) is 5.75 Å². The summed E-state index contributed by atoms with van der Waals surface area (Å²) in [5.41, 5.74) is 9.41. The maximum Gasteiger partial charge on any atom is 0.181 e. The Labute approximate surface area is 152 Å². The lowest BCUT2D eigenvalue weighted by Gasteiger charge is -2.24. The molecule has 0 bridgehead atoms. The number of hydrogen-bond donors (Lipinski definition) is 2. The fraction of sp³-hybridized carbons (Fsp3) is 0.286. The van der Waals surface area contributed by atoms with E-state index in [2.05, 4.69) is 16.8 Å². The second-order valence-corrected chi connectivity index (χ2v) is 6.76. The van der Waals surface area contributed by atoms with E-state index in [1.807, 2.05) is 25.1 Å². The van der Waals surface area contributed by atoms with E-state index < -0.39 is 5.66 Å². The Morgan fingerprint density at radius 1 is 1.19 bits per heavy atom. The van der Waals surface area contributed by atoms with Crippen LogP contribution in [0.5, 0.6) is 5.75 Å². The van der Waals surface area contributed by atoms with Crippen LogP contribution in [0.1, 0.15) is 37.8 Å². The van der Waals surface area contributed by atoms with Crippen molar-refractivity contribution in [2.24, 2.45) is 21.6 Å². The van der Waals surface area contributed by atoms with Gasteiger partial charge in [0.05, 0.1) is 5.71 Å². The maximum absolute atomic E-state index is 10.4. The van der Waals surface area contributed by atoms with Gasteiger partial charge in [-0.2, -0.15) is 0 Å². The van der Waals surface area contributed by atoms with Crippen LogP contribution in [-0.2, 0) is 5.66 Å². The van der Waals surface area contributed by atoms with Gasteiger partial charge in [0.1, 0.15) is 11.6 Å². The van der Waals surface area contributed by atoms with Crippen molar-refractivity contribution in [1.82, 2.24) is 4.98 Å². The first-order valence-corrected chi connectivity index (χ1v) is 8.67. The van der Waals surface area contributed by atoms with Gasteiger partial charge in [0.15, 0.2) is 5.66 Å². The average Bonchev–Trinajstić information content (AvgIpc) is 3.43. The van der Waals surface area contributed by atoms with Crippen molar-refractivity contribution in [3.63, 3.8) is 0 Å². The van der Waals surface area contributed by atoms with E-state index in [0.29, 0.717) is 17.3 Å². The predicted molar refractivity (Wildman–Crippen MR) is 103 cm³/mol. The smallest absolute Gasteiger partial charge is 0.181 e. The molecular formula is C21H20N4O. The van der Waals surface area contributed by atoms with Crippen molar-refractivity contribution in [2.45, 2.75) is 32.4 Å². The summed E-state index contributed by atoms with van der Waals surface area (Å²) in [6.45, 7) is 3.67. The lowest BCUT2D eigenvalue weighted by molar-refractivity contribution is 0.415. The standard InChI is InChI=1S/C21H20N4O/c1-3-4-14-9-15(12-23-11-14)18-10-17(7-8-19(18)26)21(16-5-6-16)24-13(2)20(22)25-21/h7-12,16,26H,5-6H2,1-2H3,(H2,22,25). The molecule has 3 N–H and O–H groups in total. The van der Waals surface area contributed by atoms with Crippen LogP contribution in [0.3, 0.4) is 0 Å². The van der Waals surface area contributed by atoms with E-state index in [1.54, 1.807) is 25.4 Å². The first-order chi connectivity index (χ1) is 12.5. The minimum Gasteiger partial charge on any atom is -0.507 e. The molecule has 0 amide bonds. The summed E-state index contributed by atoms with van der Waals surface area (Å²) < 4.78 is 0. The molecule has 1 aliphatic carbocycles. The van der Waals surface area contributed by atoms with Crippen molar-refractivity contribution >= 4 is 11.5 Å². The van der Waals surface area contributed by atoms with Gasteiger partial charge in [0, 0.05) is 40.6 Å². The fourth-order valence-electron chi connectivity index (χ4n) is 3.43. The third-order valence-electron chi connectivity index (χ3n) is 4.89. The quantitative estimate of drug-likeness (QED) is 0.839. The summed E-state index contributed by atoms with van der Waals surface area (Å²) in [6, 6.07) is 7.46. The first kappa shape index (κ1) is 16.3. The zero-order chi connectivity index (χ0) is 18.3. The first-order valence-electron chi connectivity index (χ1n) is 8.67. The Morgan fingerprint density at radius 3 is 2.65 bits per heavy atom. The molecule has 4 rings (SSSR count). The molecular weight excluding hydrogens is 324 g/mol. The van der Waals surface area contributed by atoms with Gasteiger partial charge in [-0.15, -0.1) is 5.92 Å². The number of phenolic OH excluding ortho intramolecular Hbond substituents is 1. The molecule has 1 unspecified atom stereocenters. The Bertz CT molecular complexity index is 988. The van der Waals surface area contributed by atoms with Crippen molar-refractivity contribution < 1.29 is 5.11 Å². The largest absolute Gasteiger partial charge is 0.507 e. The third kappa shape index (κ3) is 2.64. The van der Waals surface area contributed by atoms with E-state index in [4.69, 9.17) is 15.7 Å². The van der Waals surface area contributed by atoms with Crippen molar-refractivity contribution in [2.75, 3.05) is 0 Å². The lowest BCUT2D eigenvalue weighted by atomic mass is 9.92. The molecule has 5 heteroatoms. The number of pyridine rings is 1. The molecule has 26 heavy (non-hydrogen) atoms. The number of phenols is 1. The number of benzene rings is 1. The molecule has 5 nitrogen and oxygen atoms in total. The second-order valence-electron chi connectivity index (χ2n) is 6.76. The second kappa shape index (κ2) is 5.99. The number of aromatic nitrogens is 1. The van der Waals surface area contributed by atoms with Gasteiger partial charge in [0.2, 0.25) is 0 Å². The van der Waals surface area contributed by atoms with E-state index >= 15 is 0 Å². The minimum atomic E-state index is -0.662. The monoisotopic (exact) mass is 344 g/mol. The third-order valence-corrected chi connectivity index (χ3v) is 4.89. The SMILES string of the molecule is CC#Cc1cncc(-c2cc(C3(C4CC4)N=C(C)C(N)=N3)ccc2O)c1. The molecule has 1 aliphatic heterocycles. The number of hydrogen-bond acceptors (Lipinski definition) is 5. The Kier molecular flexibility index (Phi) is 3.77. The molecule has 1 fully saturated rings. The lowest BCUT2D eigenvalue weighted by Crippen LogP contribution is -2.23. The van der Waals surface area contributed by atoms with Crippen LogP contribution in [0.4, 0.5) is 0 Å². The van der Waals surface area contributed by atoms with Gasteiger partial charge < -0.3 is 10.8 Å². The zero-order valence-electron chi connectivity index (χ0n) is 14.8. The van der Waals surface area contributed by atoms with E-state index in [9.17, 15) is 5.11 Å². The zero-order valence-corrected chi connectivity index (χ0v) is 14.8. The van der Waals surface area contributed by atoms with Crippen LogP contribution in [0.2, 0.25) is 0 Å². The number of nitrogens with two attached hydrogens (primary N) is 1. The molecule has 0 radical (unpaired) electrons. The predicted octanol–water partition coefficient (Wildman–Crippen LogP) is 3.22. The molecule has 2 heterocycles. The van der Waals surface area contributed by atoms with Crippen molar-refractivity contribution in [3.8, 4) is 28.7 Å². The fourth-order valence-corrected chi connectivity index (χ4v) is 3.43. The van der Waals surface area contributed by atoms with Crippen LogP contribution in [0.25, 0.3) is 11.1 Å². The highest BCUT2D eigenvalue weighted by molar-refractivity contribution is 6.41. The normalized spacial score (nSPS) is 21.6. The van der Waals surface area contributed by atoms with E-state index in [0.717, 1.165) is 35.2 Å². The van der Waals surface area contributed by atoms with Crippen molar-refractivity contribution in [1.29, 1.82) is 0 Å². The Balaban J connectivity index is 1.85. The number of nitrogens with zero attached hydrogens (tertiary/aromatic N) is 3. The van der Waals surface area contributed by atoms with E-state index in [1.165, 1.54) is 0 Å². The molecule has 1 aromatic heterocycles. The highest BCUT2D eigenvalue weighted by Crippen LogP contribution is 2.52. The summed E-state index contributed by atoms with van der Waals surface area (Å²) >= 11 is 0. The Morgan fingerprint density at radius 2 is 2.00 bits per heavy atom. The van der Waals surface area contributed by atoms with Gasteiger partial charge in [0.25, 0.3) is 0 Å². The number of aromatic hydroxyl groups is 1. The van der Waals surface area contributed by atoms with Crippen LogP contribution < -0.4 is 5.73 Å². The summed E-state index contributed by atoms with van der Waals surface area (Å²) in [4.78, 5) is 13.8. The van der Waals surface area contributed by atoms with Gasteiger partial charge in [-0.3, -0.25) is 9.98 Å².